The maximum atomic E-state index is 15.5. The number of carboxylic acids is 1. The van der Waals surface area contributed by atoms with Crippen LogP contribution in [0.25, 0.3) is 10.9 Å². The van der Waals surface area contributed by atoms with E-state index in [1.165, 1.54) is 4.57 Å². The highest BCUT2D eigenvalue weighted by molar-refractivity contribution is 5.99. The lowest BCUT2D eigenvalue weighted by molar-refractivity contribution is 0.0695. The standard InChI is InChI=1S/C20H26F2N4O3/c1-4-25-8-11(20(28)29)19(27)12-16(24)13(21)18(14(22)17(12)25)26-6-5-10(7-26)15(23)9(2)3/h8-10,15H,4-7,23-24H2,1-3H3,(H,28,29). The van der Waals surface area contributed by atoms with Crippen LogP contribution in [-0.4, -0.2) is 34.8 Å². The average Bonchev–Trinajstić information content (AvgIpc) is 3.14. The lowest BCUT2D eigenvalue weighted by Crippen LogP contribution is -2.37. The summed E-state index contributed by atoms with van der Waals surface area (Å²) in [4.78, 5) is 25.5. The molecule has 2 heterocycles. The van der Waals surface area contributed by atoms with E-state index in [-0.39, 0.29) is 35.6 Å². The van der Waals surface area contributed by atoms with Gasteiger partial charge in [-0.25, -0.2) is 13.6 Å². The van der Waals surface area contributed by atoms with Crippen molar-refractivity contribution in [2.45, 2.75) is 39.8 Å². The number of aryl methyl sites for hydroxylation is 1. The highest BCUT2D eigenvalue weighted by Gasteiger charge is 2.34. The zero-order valence-corrected chi connectivity index (χ0v) is 16.7. The Hall–Kier alpha value is -2.68. The van der Waals surface area contributed by atoms with E-state index in [9.17, 15) is 14.7 Å². The fourth-order valence-electron chi connectivity index (χ4n) is 4.12. The minimum Gasteiger partial charge on any atom is -0.477 e. The normalized spacial score (nSPS) is 18.0. The summed E-state index contributed by atoms with van der Waals surface area (Å²) in [5.41, 5.74) is 9.52. The molecule has 3 rings (SSSR count). The SMILES string of the molecule is CCn1cc(C(=O)O)c(=O)c2c(N)c(F)c(N3CCC(C(N)C(C)C)C3)c(F)c21. The van der Waals surface area contributed by atoms with Crippen LogP contribution in [0.4, 0.5) is 20.2 Å². The second-order valence-corrected chi connectivity index (χ2v) is 7.89. The molecule has 0 spiro atoms. The van der Waals surface area contributed by atoms with Gasteiger partial charge >= 0.3 is 5.97 Å². The molecule has 2 atom stereocenters. The summed E-state index contributed by atoms with van der Waals surface area (Å²) in [7, 11) is 0. The van der Waals surface area contributed by atoms with E-state index < -0.39 is 39.7 Å². The Morgan fingerprint density at radius 3 is 2.55 bits per heavy atom. The first-order chi connectivity index (χ1) is 13.6. The van der Waals surface area contributed by atoms with Crippen LogP contribution in [-0.2, 0) is 6.54 Å². The highest BCUT2D eigenvalue weighted by Crippen LogP contribution is 2.38. The molecule has 0 saturated carbocycles. The van der Waals surface area contributed by atoms with Crippen molar-refractivity contribution in [3.8, 4) is 0 Å². The van der Waals surface area contributed by atoms with Crippen LogP contribution in [0.2, 0.25) is 0 Å². The van der Waals surface area contributed by atoms with Crippen LogP contribution in [0, 0.1) is 23.5 Å². The maximum absolute atomic E-state index is 15.5. The van der Waals surface area contributed by atoms with E-state index in [0.717, 1.165) is 6.20 Å². The molecule has 0 amide bonds. The number of anilines is 2. The van der Waals surface area contributed by atoms with Crippen LogP contribution >= 0.6 is 0 Å². The first-order valence-corrected chi connectivity index (χ1v) is 9.67. The number of aromatic carboxylic acids is 1. The molecule has 2 unspecified atom stereocenters. The zero-order chi connectivity index (χ0) is 21.6. The van der Waals surface area contributed by atoms with Crippen LogP contribution in [0.1, 0.15) is 37.6 Å². The molecule has 1 aliphatic rings. The van der Waals surface area contributed by atoms with Gasteiger partial charge in [-0.1, -0.05) is 13.8 Å². The quantitative estimate of drug-likeness (QED) is 0.655. The second-order valence-electron chi connectivity index (χ2n) is 7.89. The van der Waals surface area contributed by atoms with Crippen molar-refractivity contribution in [2.24, 2.45) is 17.6 Å². The summed E-state index contributed by atoms with van der Waals surface area (Å²) >= 11 is 0. The number of hydrogen-bond acceptors (Lipinski definition) is 5. The van der Waals surface area contributed by atoms with Gasteiger partial charge in [0.05, 0.1) is 16.6 Å². The highest BCUT2D eigenvalue weighted by atomic mass is 19.1. The van der Waals surface area contributed by atoms with E-state index in [1.54, 1.807) is 11.8 Å². The smallest absolute Gasteiger partial charge is 0.341 e. The summed E-state index contributed by atoms with van der Waals surface area (Å²) in [6.45, 7) is 6.64. The number of benzene rings is 1. The molecule has 9 heteroatoms. The number of carbonyl (C=O) groups is 1. The van der Waals surface area contributed by atoms with Crippen molar-refractivity contribution >= 4 is 28.2 Å². The molecule has 2 aromatic rings. The molecule has 1 aromatic heterocycles. The Balaban J connectivity index is 2.23. The number of pyridine rings is 1. The Bertz CT molecular complexity index is 1040. The molecule has 5 N–H and O–H groups in total. The molecule has 7 nitrogen and oxygen atoms in total. The van der Waals surface area contributed by atoms with Crippen LogP contribution in [0.5, 0.6) is 0 Å². The van der Waals surface area contributed by atoms with Crippen molar-refractivity contribution in [3.63, 3.8) is 0 Å². The number of halogens is 2. The minimum atomic E-state index is -1.48. The number of fused-ring (bicyclic) bond motifs is 1. The van der Waals surface area contributed by atoms with Gasteiger partial charge < -0.3 is 26.0 Å². The van der Waals surface area contributed by atoms with Gasteiger partial charge in [-0.05, 0) is 25.2 Å². The number of aromatic nitrogens is 1. The van der Waals surface area contributed by atoms with E-state index in [0.29, 0.717) is 19.5 Å². The molecular weight excluding hydrogens is 382 g/mol. The molecule has 1 aliphatic heterocycles. The lowest BCUT2D eigenvalue weighted by atomic mass is 9.91. The zero-order valence-electron chi connectivity index (χ0n) is 16.7. The number of nitrogens with two attached hydrogens (primary N) is 2. The molecular formula is C20H26F2N4O3. The fourth-order valence-corrected chi connectivity index (χ4v) is 4.12. The van der Waals surface area contributed by atoms with Crippen LogP contribution in [0.3, 0.4) is 0 Å². The second kappa shape index (κ2) is 7.62. The van der Waals surface area contributed by atoms with Gasteiger partial charge in [-0.2, -0.15) is 0 Å². The third-order valence-corrected chi connectivity index (χ3v) is 5.84. The van der Waals surface area contributed by atoms with Crippen LogP contribution < -0.4 is 21.8 Å². The van der Waals surface area contributed by atoms with Crippen molar-refractivity contribution in [1.29, 1.82) is 0 Å². The molecule has 1 saturated heterocycles. The lowest BCUT2D eigenvalue weighted by Gasteiger charge is -2.26. The Morgan fingerprint density at radius 2 is 2.00 bits per heavy atom. The molecule has 1 aromatic carbocycles. The van der Waals surface area contributed by atoms with E-state index in [4.69, 9.17) is 11.5 Å². The van der Waals surface area contributed by atoms with E-state index >= 15 is 8.78 Å². The molecule has 1 fully saturated rings. The summed E-state index contributed by atoms with van der Waals surface area (Å²) in [5.74, 6) is -3.13. The van der Waals surface area contributed by atoms with Gasteiger partial charge in [-0.15, -0.1) is 0 Å². The topological polar surface area (TPSA) is 115 Å². The fraction of sp³-hybridized carbons (Fsp3) is 0.500. The van der Waals surface area contributed by atoms with Crippen molar-refractivity contribution in [2.75, 3.05) is 23.7 Å². The van der Waals surface area contributed by atoms with E-state index in [2.05, 4.69) is 0 Å². The summed E-state index contributed by atoms with van der Waals surface area (Å²) in [6.07, 6.45) is 1.76. The van der Waals surface area contributed by atoms with Crippen molar-refractivity contribution in [3.05, 3.63) is 33.6 Å². The third-order valence-electron chi connectivity index (χ3n) is 5.84. The molecule has 0 radical (unpaired) electrons. The predicted octanol–water partition coefficient (Wildman–Crippen LogP) is 2.39. The first kappa shape index (κ1) is 21.0. The van der Waals surface area contributed by atoms with Gasteiger partial charge in [0, 0.05) is 31.9 Å². The van der Waals surface area contributed by atoms with Gasteiger partial charge in [0.1, 0.15) is 11.3 Å². The summed E-state index contributed by atoms with van der Waals surface area (Å²) in [5, 5.41) is 8.82. The number of nitrogens with zero attached hydrogens (tertiary/aromatic N) is 2. The Morgan fingerprint density at radius 1 is 1.34 bits per heavy atom. The van der Waals surface area contributed by atoms with Crippen molar-refractivity contribution in [1.82, 2.24) is 4.57 Å². The number of hydrogen-bond donors (Lipinski definition) is 3. The largest absolute Gasteiger partial charge is 0.477 e. The van der Waals surface area contributed by atoms with Crippen molar-refractivity contribution < 1.29 is 18.7 Å². The Labute approximate surface area is 166 Å². The average molecular weight is 408 g/mol. The van der Waals surface area contributed by atoms with E-state index in [1.807, 2.05) is 13.8 Å². The summed E-state index contributed by atoms with van der Waals surface area (Å²) < 4.78 is 32.0. The van der Waals surface area contributed by atoms with Gasteiger partial charge in [0.2, 0.25) is 5.43 Å². The maximum Gasteiger partial charge on any atom is 0.341 e. The summed E-state index contributed by atoms with van der Waals surface area (Å²) in [6, 6.07) is -0.101. The molecule has 0 aliphatic carbocycles. The van der Waals surface area contributed by atoms with Gasteiger partial charge in [0.15, 0.2) is 11.6 Å². The predicted molar refractivity (Wildman–Crippen MR) is 108 cm³/mol. The molecule has 0 bridgehead atoms. The number of carboxylic acid groups (broad SMARTS) is 1. The minimum absolute atomic E-state index is 0.0773. The monoisotopic (exact) mass is 408 g/mol. The number of rotatable bonds is 5. The molecule has 158 valence electrons. The van der Waals surface area contributed by atoms with Crippen LogP contribution in [0.15, 0.2) is 11.0 Å². The Kier molecular flexibility index (Phi) is 5.53. The third kappa shape index (κ3) is 3.33. The first-order valence-electron chi connectivity index (χ1n) is 9.67. The van der Waals surface area contributed by atoms with Gasteiger partial charge in [-0.3, -0.25) is 4.79 Å². The number of nitrogen functional groups attached to an aromatic ring is 1. The molecule has 29 heavy (non-hydrogen) atoms. The van der Waals surface area contributed by atoms with Gasteiger partial charge in [0.25, 0.3) is 0 Å².